The minimum absolute atomic E-state index is 0.0617. The van der Waals surface area contributed by atoms with Crippen molar-refractivity contribution in [1.29, 1.82) is 0 Å². The molecule has 0 aliphatic heterocycles. The van der Waals surface area contributed by atoms with Crippen LogP contribution in [0.2, 0.25) is 0 Å². The summed E-state index contributed by atoms with van der Waals surface area (Å²) in [5.41, 5.74) is 9.36. The number of thioether (sulfide) groups is 1. The Morgan fingerprint density at radius 3 is 1.62 bits per heavy atom. The van der Waals surface area contributed by atoms with Crippen LogP contribution in [-0.4, -0.2) is 122 Å². The molecule has 0 aliphatic carbocycles. The number of rotatable bonds is 26. The van der Waals surface area contributed by atoms with E-state index in [-0.39, 0.29) is 38.0 Å². The molecule has 19 nitrogen and oxygen atoms in total. The summed E-state index contributed by atoms with van der Waals surface area (Å²) < 4.78 is 0. The molecule has 20 heteroatoms. The second-order valence-electron chi connectivity index (χ2n) is 16.9. The van der Waals surface area contributed by atoms with Crippen LogP contribution in [0.15, 0.2) is 91.3 Å². The van der Waals surface area contributed by atoms with Gasteiger partial charge in [-0.05, 0) is 59.6 Å². The molecule has 0 saturated heterocycles. The SMILES string of the molecule is CSCC[C@H](NC(=O)[C@H](CC(C)C)NC(=O)CNC(=O)[C@@H](Cc1c[nH]c2ccccc12)NC(=O)[C@H](Cc1ccccc1)NC(=O)[C@@H](Cc1c[nH]c2ccccc12)NC(=O)[C@@H](N)CC(=O)O)C(=O)O. The number of benzene rings is 3. The maximum atomic E-state index is 14.6. The number of aliphatic carboxylic acids is 2. The number of aromatic amines is 2. The lowest BCUT2D eigenvalue weighted by Gasteiger charge is -2.26. The lowest BCUT2D eigenvalue weighted by Crippen LogP contribution is -2.59. The first-order valence-electron chi connectivity index (χ1n) is 22.1. The topological polar surface area (TPSA) is 307 Å². The predicted octanol–water partition coefficient (Wildman–Crippen LogP) is 1.90. The van der Waals surface area contributed by atoms with Crippen LogP contribution in [0, 0.1) is 5.92 Å². The first-order chi connectivity index (χ1) is 32.5. The number of carbonyl (C=O) groups is 8. The van der Waals surface area contributed by atoms with Crippen LogP contribution in [-0.2, 0) is 57.6 Å². The summed E-state index contributed by atoms with van der Waals surface area (Å²) in [7, 11) is 0. The molecule has 0 fully saturated rings. The molecule has 2 heterocycles. The molecule has 5 rings (SSSR count). The molecule has 6 atom stereocenters. The van der Waals surface area contributed by atoms with Gasteiger partial charge in [-0.3, -0.25) is 33.6 Å². The van der Waals surface area contributed by atoms with E-state index in [1.807, 2.05) is 62.6 Å². The minimum Gasteiger partial charge on any atom is -0.481 e. The van der Waals surface area contributed by atoms with Gasteiger partial charge in [-0.1, -0.05) is 80.6 Å². The van der Waals surface area contributed by atoms with E-state index in [0.717, 1.165) is 21.8 Å². The number of amides is 6. The summed E-state index contributed by atoms with van der Waals surface area (Å²) in [5, 5.41) is 36.3. The second-order valence-corrected chi connectivity index (χ2v) is 17.8. The maximum Gasteiger partial charge on any atom is 0.326 e. The Balaban J connectivity index is 1.39. The van der Waals surface area contributed by atoms with Crippen LogP contribution < -0.4 is 37.6 Å². The van der Waals surface area contributed by atoms with Crippen molar-refractivity contribution in [1.82, 2.24) is 41.9 Å². The number of carboxylic acids is 2. The predicted molar refractivity (Wildman–Crippen MR) is 257 cm³/mol. The van der Waals surface area contributed by atoms with Crippen LogP contribution in [0.4, 0.5) is 0 Å². The molecule has 6 amide bonds. The van der Waals surface area contributed by atoms with Crippen LogP contribution in [0.5, 0.6) is 0 Å². The molecule has 362 valence electrons. The summed E-state index contributed by atoms with van der Waals surface area (Å²) in [6, 6.07) is 15.6. The third-order valence-corrected chi connectivity index (χ3v) is 11.8. The highest BCUT2D eigenvalue weighted by atomic mass is 32.2. The minimum atomic E-state index is -1.49. The van der Waals surface area contributed by atoms with Gasteiger partial charge in [-0.25, -0.2) is 4.79 Å². The Morgan fingerprint density at radius 1 is 0.603 bits per heavy atom. The highest BCUT2D eigenvalue weighted by Gasteiger charge is 2.33. The van der Waals surface area contributed by atoms with Crippen molar-refractivity contribution < 1.29 is 48.6 Å². The van der Waals surface area contributed by atoms with E-state index < -0.39 is 96.6 Å². The molecule has 3 aromatic carbocycles. The number of hydrogen-bond donors (Lipinski definition) is 11. The molecular weight excluding hydrogens is 895 g/mol. The van der Waals surface area contributed by atoms with Gasteiger partial charge in [0, 0.05) is 53.5 Å². The molecular formula is C48H59N9O10S. The fourth-order valence-electron chi connectivity index (χ4n) is 7.63. The van der Waals surface area contributed by atoms with Gasteiger partial charge in [-0.2, -0.15) is 11.8 Å². The van der Waals surface area contributed by atoms with E-state index in [4.69, 9.17) is 5.73 Å². The number of nitrogens with one attached hydrogen (secondary N) is 8. The smallest absolute Gasteiger partial charge is 0.326 e. The average Bonchev–Trinajstić information content (AvgIpc) is 3.92. The highest BCUT2D eigenvalue weighted by Crippen LogP contribution is 2.21. The van der Waals surface area contributed by atoms with Crippen molar-refractivity contribution >= 4 is 80.9 Å². The number of hydrogen-bond acceptors (Lipinski definition) is 10. The second kappa shape index (κ2) is 25.1. The summed E-state index contributed by atoms with van der Waals surface area (Å²) in [6.45, 7) is 3.05. The average molecular weight is 954 g/mol. The summed E-state index contributed by atoms with van der Waals surface area (Å²) in [4.78, 5) is 113. The standard InChI is InChI=1S/C48H59N9O10S/c1-27(2)19-37(45(63)54-36(48(66)67)17-18-68-3)53-41(58)26-52-44(62)39(21-29-24-50-34-15-9-7-13-31(29)34)57-46(64)38(20-28-11-5-4-6-12-28)56-47(65)40(55-43(61)33(49)23-42(59)60)22-30-25-51-35-16-10-8-14-32(30)35/h4-16,24-25,27,33,36-40,50-51H,17-23,26,49H2,1-3H3,(H,52,62)(H,53,58)(H,54,63)(H,55,61)(H,56,65)(H,57,64)(H,59,60)(H,66,67)/t33-,36-,37-,38-,39+,40+/m0/s1. The van der Waals surface area contributed by atoms with E-state index in [2.05, 4.69) is 41.9 Å². The van der Waals surface area contributed by atoms with Crippen LogP contribution in [0.25, 0.3) is 21.8 Å². The largest absolute Gasteiger partial charge is 0.481 e. The van der Waals surface area contributed by atoms with E-state index >= 15 is 0 Å². The molecule has 12 N–H and O–H groups in total. The number of para-hydroxylation sites is 2. The molecule has 2 aromatic heterocycles. The number of carboxylic acid groups (broad SMARTS) is 2. The first kappa shape index (κ1) is 51.8. The summed E-state index contributed by atoms with van der Waals surface area (Å²) in [5.74, 6) is -6.80. The van der Waals surface area contributed by atoms with Crippen LogP contribution >= 0.6 is 11.8 Å². The van der Waals surface area contributed by atoms with Crippen molar-refractivity contribution in [3.8, 4) is 0 Å². The van der Waals surface area contributed by atoms with Gasteiger partial charge in [0.05, 0.1) is 19.0 Å². The molecule has 0 saturated carbocycles. The Bertz CT molecular complexity index is 2560. The van der Waals surface area contributed by atoms with Crippen LogP contribution in [0.1, 0.15) is 49.8 Å². The highest BCUT2D eigenvalue weighted by molar-refractivity contribution is 7.98. The van der Waals surface area contributed by atoms with Gasteiger partial charge in [-0.15, -0.1) is 0 Å². The van der Waals surface area contributed by atoms with Gasteiger partial charge in [0.15, 0.2) is 0 Å². The van der Waals surface area contributed by atoms with Gasteiger partial charge in [0.1, 0.15) is 30.2 Å². The monoisotopic (exact) mass is 953 g/mol. The van der Waals surface area contributed by atoms with Gasteiger partial charge in [0.25, 0.3) is 0 Å². The lowest BCUT2D eigenvalue weighted by molar-refractivity contribution is -0.142. The number of carbonyl (C=O) groups excluding carboxylic acids is 6. The van der Waals surface area contributed by atoms with Crippen LogP contribution in [0.3, 0.4) is 0 Å². The van der Waals surface area contributed by atoms with Crippen molar-refractivity contribution in [3.63, 3.8) is 0 Å². The maximum absolute atomic E-state index is 14.6. The Hall–Kier alpha value is -7.19. The van der Waals surface area contributed by atoms with E-state index in [0.29, 0.717) is 22.4 Å². The molecule has 5 aromatic rings. The Kier molecular flexibility index (Phi) is 19.1. The summed E-state index contributed by atoms with van der Waals surface area (Å²) in [6.07, 6.45) is 4.63. The lowest BCUT2D eigenvalue weighted by atomic mass is 10.0. The zero-order valence-electron chi connectivity index (χ0n) is 38.0. The number of nitrogens with two attached hydrogens (primary N) is 1. The number of fused-ring (bicyclic) bond motifs is 2. The van der Waals surface area contributed by atoms with E-state index in [1.54, 1.807) is 48.8 Å². The van der Waals surface area contributed by atoms with Crippen molar-refractivity contribution in [2.24, 2.45) is 11.7 Å². The molecule has 0 unspecified atom stereocenters. The molecule has 0 aliphatic rings. The molecule has 0 spiro atoms. The zero-order chi connectivity index (χ0) is 49.3. The van der Waals surface area contributed by atoms with E-state index in [1.165, 1.54) is 11.8 Å². The third-order valence-electron chi connectivity index (χ3n) is 11.1. The Labute approximate surface area is 396 Å². The van der Waals surface area contributed by atoms with Crippen molar-refractivity contribution in [3.05, 3.63) is 108 Å². The van der Waals surface area contributed by atoms with Gasteiger partial charge in [0.2, 0.25) is 35.4 Å². The quantitative estimate of drug-likeness (QED) is 0.0379. The van der Waals surface area contributed by atoms with Gasteiger partial charge >= 0.3 is 11.9 Å². The normalized spacial score (nSPS) is 13.9. The van der Waals surface area contributed by atoms with Gasteiger partial charge < -0.3 is 57.8 Å². The first-order valence-corrected chi connectivity index (χ1v) is 23.5. The number of aromatic nitrogens is 2. The summed E-state index contributed by atoms with van der Waals surface area (Å²) >= 11 is 1.43. The number of H-pyrrole nitrogens is 2. The third kappa shape index (κ3) is 15.2. The van der Waals surface area contributed by atoms with E-state index in [9.17, 15) is 48.6 Å². The van der Waals surface area contributed by atoms with Crippen molar-refractivity contribution in [2.75, 3.05) is 18.6 Å². The van der Waals surface area contributed by atoms with Crippen molar-refractivity contribution in [2.45, 2.75) is 88.6 Å². The molecule has 0 bridgehead atoms. The fourth-order valence-corrected chi connectivity index (χ4v) is 8.10. The zero-order valence-corrected chi connectivity index (χ0v) is 38.8. The molecule has 68 heavy (non-hydrogen) atoms. The Morgan fingerprint density at radius 2 is 1.09 bits per heavy atom. The fraction of sp³-hybridized carbons (Fsp3) is 0.375. The molecule has 0 radical (unpaired) electrons.